The highest BCUT2D eigenvalue weighted by atomic mass is 16.3. The molecule has 2 aromatic carbocycles. The Morgan fingerprint density at radius 2 is 1.61 bits per heavy atom. The summed E-state index contributed by atoms with van der Waals surface area (Å²) in [5, 5.41) is 12.3. The van der Waals surface area contributed by atoms with Gasteiger partial charge in [-0.15, -0.1) is 0 Å². The Hall–Kier alpha value is -2.29. The maximum Gasteiger partial charge on any atom is 0.255 e. The van der Waals surface area contributed by atoms with Crippen LogP contribution in [0.25, 0.3) is 0 Å². The van der Waals surface area contributed by atoms with E-state index in [-0.39, 0.29) is 11.7 Å². The molecule has 18 heavy (non-hydrogen) atoms. The Labute approximate surface area is 106 Å². The van der Waals surface area contributed by atoms with E-state index in [2.05, 4.69) is 5.32 Å². The molecule has 0 radical (unpaired) electrons. The third kappa shape index (κ3) is 2.51. The van der Waals surface area contributed by atoms with Crippen molar-refractivity contribution in [2.75, 3.05) is 5.32 Å². The van der Waals surface area contributed by atoms with Crippen molar-refractivity contribution in [3.8, 4) is 5.75 Å². The lowest BCUT2D eigenvalue weighted by Gasteiger charge is -2.12. The molecule has 0 saturated carbocycles. The molecule has 2 aromatic rings. The number of nitrogens with one attached hydrogen (secondary N) is 1. The Kier molecular flexibility index (Phi) is 3.33. The number of amides is 1. The van der Waals surface area contributed by atoms with E-state index < -0.39 is 0 Å². The number of benzene rings is 2. The van der Waals surface area contributed by atoms with Crippen molar-refractivity contribution in [3.05, 3.63) is 59.2 Å². The third-order valence-electron chi connectivity index (χ3n) is 2.79. The van der Waals surface area contributed by atoms with Crippen molar-refractivity contribution in [2.45, 2.75) is 13.8 Å². The largest absolute Gasteiger partial charge is 0.508 e. The third-order valence-corrected chi connectivity index (χ3v) is 2.79. The molecule has 0 atom stereocenters. The van der Waals surface area contributed by atoms with Gasteiger partial charge in [0.25, 0.3) is 5.91 Å². The molecule has 3 nitrogen and oxygen atoms in total. The van der Waals surface area contributed by atoms with Gasteiger partial charge in [0.2, 0.25) is 0 Å². The summed E-state index contributed by atoms with van der Waals surface area (Å²) in [6.45, 7) is 3.71. The fraction of sp³-hybridized carbons (Fsp3) is 0.133. The number of aryl methyl sites for hydroxylation is 2. The second kappa shape index (κ2) is 4.92. The number of anilines is 1. The van der Waals surface area contributed by atoms with Crippen molar-refractivity contribution >= 4 is 11.6 Å². The van der Waals surface area contributed by atoms with E-state index in [1.165, 1.54) is 0 Å². The second-order valence-electron chi connectivity index (χ2n) is 4.27. The van der Waals surface area contributed by atoms with Gasteiger partial charge in [0.1, 0.15) is 5.75 Å². The van der Waals surface area contributed by atoms with Gasteiger partial charge in [-0.25, -0.2) is 0 Å². The molecule has 0 saturated heterocycles. The zero-order chi connectivity index (χ0) is 13.1. The zero-order valence-corrected chi connectivity index (χ0v) is 10.4. The lowest BCUT2D eigenvalue weighted by Crippen LogP contribution is -2.13. The first-order valence-corrected chi connectivity index (χ1v) is 5.74. The van der Waals surface area contributed by atoms with Crippen LogP contribution in [0.5, 0.6) is 5.75 Å². The highest BCUT2D eigenvalue weighted by Gasteiger charge is 2.10. The molecule has 0 unspecified atom stereocenters. The molecular weight excluding hydrogens is 226 g/mol. The number of rotatable bonds is 2. The maximum atomic E-state index is 12.0. The van der Waals surface area contributed by atoms with Crippen LogP contribution >= 0.6 is 0 Å². The number of carbonyl (C=O) groups is 1. The van der Waals surface area contributed by atoms with Crippen LogP contribution in [0.1, 0.15) is 21.5 Å². The van der Waals surface area contributed by atoms with E-state index in [4.69, 9.17) is 0 Å². The predicted octanol–water partition coefficient (Wildman–Crippen LogP) is 3.26. The molecule has 0 aliphatic heterocycles. The summed E-state index contributed by atoms with van der Waals surface area (Å²) in [6.07, 6.45) is 0. The number of hydrogen-bond acceptors (Lipinski definition) is 2. The number of phenolic OH excluding ortho intramolecular Hbond substituents is 1. The summed E-state index contributed by atoms with van der Waals surface area (Å²) < 4.78 is 0. The highest BCUT2D eigenvalue weighted by molar-refractivity contribution is 6.05. The Morgan fingerprint density at radius 1 is 1.06 bits per heavy atom. The molecule has 0 fully saturated rings. The normalized spacial score (nSPS) is 10.1. The minimum Gasteiger partial charge on any atom is -0.508 e. The van der Waals surface area contributed by atoms with Crippen LogP contribution < -0.4 is 5.32 Å². The summed E-state index contributed by atoms with van der Waals surface area (Å²) in [4.78, 5) is 12.0. The number of carbonyl (C=O) groups excluding carboxylic acids is 1. The monoisotopic (exact) mass is 241 g/mol. The molecular formula is C15H15NO2. The minimum absolute atomic E-state index is 0.146. The van der Waals surface area contributed by atoms with E-state index in [0.717, 1.165) is 16.8 Å². The SMILES string of the molecule is Cc1cc(O)cc(C)c1NC(=O)c1ccccc1. The van der Waals surface area contributed by atoms with E-state index in [1.54, 1.807) is 24.3 Å². The van der Waals surface area contributed by atoms with Crippen LogP contribution in [-0.4, -0.2) is 11.0 Å². The lowest BCUT2D eigenvalue weighted by atomic mass is 10.1. The van der Waals surface area contributed by atoms with Gasteiger partial charge in [0.15, 0.2) is 0 Å². The molecule has 0 aromatic heterocycles. The van der Waals surface area contributed by atoms with E-state index in [0.29, 0.717) is 5.56 Å². The van der Waals surface area contributed by atoms with Crippen LogP contribution in [0.3, 0.4) is 0 Å². The van der Waals surface area contributed by atoms with Crippen molar-refractivity contribution in [1.29, 1.82) is 0 Å². The van der Waals surface area contributed by atoms with Crippen molar-refractivity contribution < 1.29 is 9.90 Å². The second-order valence-corrected chi connectivity index (χ2v) is 4.27. The predicted molar refractivity (Wildman–Crippen MR) is 72.0 cm³/mol. The smallest absolute Gasteiger partial charge is 0.255 e. The van der Waals surface area contributed by atoms with Gasteiger partial charge < -0.3 is 10.4 Å². The first kappa shape index (κ1) is 12.2. The Morgan fingerprint density at radius 3 is 2.17 bits per heavy atom. The number of aromatic hydroxyl groups is 1. The van der Waals surface area contributed by atoms with Crippen molar-refractivity contribution in [3.63, 3.8) is 0 Å². The van der Waals surface area contributed by atoms with Crippen LogP contribution in [-0.2, 0) is 0 Å². The number of phenols is 1. The van der Waals surface area contributed by atoms with E-state index in [9.17, 15) is 9.90 Å². The topological polar surface area (TPSA) is 49.3 Å². The zero-order valence-electron chi connectivity index (χ0n) is 10.4. The van der Waals surface area contributed by atoms with Crippen molar-refractivity contribution in [2.24, 2.45) is 0 Å². The highest BCUT2D eigenvalue weighted by Crippen LogP contribution is 2.25. The number of hydrogen-bond donors (Lipinski definition) is 2. The fourth-order valence-corrected chi connectivity index (χ4v) is 1.91. The van der Waals surface area contributed by atoms with E-state index in [1.807, 2.05) is 32.0 Å². The molecule has 92 valence electrons. The first-order chi connectivity index (χ1) is 8.58. The Bertz CT molecular complexity index is 553. The van der Waals surface area contributed by atoms with Gasteiger partial charge in [-0.3, -0.25) is 4.79 Å². The van der Waals surface area contributed by atoms with Crippen LogP contribution in [0.4, 0.5) is 5.69 Å². The molecule has 0 aliphatic rings. The molecule has 0 aliphatic carbocycles. The molecule has 2 rings (SSSR count). The van der Waals surface area contributed by atoms with Crippen LogP contribution in [0.2, 0.25) is 0 Å². The quantitative estimate of drug-likeness (QED) is 0.793. The average Bonchev–Trinajstić information content (AvgIpc) is 2.34. The van der Waals surface area contributed by atoms with Gasteiger partial charge in [-0.05, 0) is 49.2 Å². The molecule has 0 heterocycles. The maximum absolute atomic E-state index is 12.0. The molecule has 3 heteroatoms. The van der Waals surface area contributed by atoms with Gasteiger partial charge in [-0.1, -0.05) is 18.2 Å². The van der Waals surface area contributed by atoms with Gasteiger partial charge >= 0.3 is 0 Å². The van der Waals surface area contributed by atoms with Gasteiger partial charge in [-0.2, -0.15) is 0 Å². The summed E-state index contributed by atoms with van der Waals surface area (Å²) in [6, 6.07) is 12.3. The molecule has 1 amide bonds. The fourth-order valence-electron chi connectivity index (χ4n) is 1.91. The average molecular weight is 241 g/mol. The van der Waals surface area contributed by atoms with Crippen molar-refractivity contribution in [1.82, 2.24) is 0 Å². The van der Waals surface area contributed by atoms with Gasteiger partial charge in [0.05, 0.1) is 0 Å². The summed E-state index contributed by atoms with van der Waals surface area (Å²) >= 11 is 0. The first-order valence-electron chi connectivity index (χ1n) is 5.74. The summed E-state index contributed by atoms with van der Waals surface area (Å²) in [5.41, 5.74) is 3.06. The minimum atomic E-state index is -0.146. The standard InChI is InChI=1S/C15H15NO2/c1-10-8-13(17)9-11(2)14(10)16-15(18)12-6-4-3-5-7-12/h3-9,17H,1-2H3,(H,16,18). The van der Waals surface area contributed by atoms with Crippen LogP contribution in [0, 0.1) is 13.8 Å². The van der Waals surface area contributed by atoms with E-state index >= 15 is 0 Å². The summed E-state index contributed by atoms with van der Waals surface area (Å²) in [5.74, 6) is 0.0650. The molecule has 0 spiro atoms. The molecule has 0 bridgehead atoms. The van der Waals surface area contributed by atoms with Crippen LogP contribution in [0.15, 0.2) is 42.5 Å². The summed E-state index contributed by atoms with van der Waals surface area (Å²) in [7, 11) is 0. The van der Waals surface area contributed by atoms with Gasteiger partial charge in [0, 0.05) is 11.3 Å². The Balaban J connectivity index is 2.28. The lowest BCUT2D eigenvalue weighted by molar-refractivity contribution is 0.102. The molecule has 2 N–H and O–H groups in total.